The zero-order valence-electron chi connectivity index (χ0n) is 15.0. The Morgan fingerprint density at radius 2 is 1.74 bits per heavy atom. The number of barbiturate groups is 1. The van der Waals surface area contributed by atoms with Crippen LogP contribution in [-0.2, 0) is 16.0 Å². The quantitative estimate of drug-likeness (QED) is 0.633. The molecule has 1 aliphatic rings. The molecule has 138 valence electrons. The highest BCUT2D eigenvalue weighted by Gasteiger charge is 2.35. The van der Waals surface area contributed by atoms with Crippen molar-refractivity contribution in [2.45, 2.75) is 6.42 Å². The van der Waals surface area contributed by atoms with Crippen molar-refractivity contribution in [3.05, 3.63) is 59.4 Å². The summed E-state index contributed by atoms with van der Waals surface area (Å²) in [5, 5.41) is 2.21. The molecule has 1 N–H and O–H groups in total. The maximum atomic E-state index is 12.7. The third-order valence-electron chi connectivity index (χ3n) is 4.02. The van der Waals surface area contributed by atoms with Gasteiger partial charge in [-0.2, -0.15) is 0 Å². The Morgan fingerprint density at radius 3 is 2.37 bits per heavy atom. The molecule has 8 nitrogen and oxygen atoms in total. The molecule has 1 aliphatic heterocycles. The summed E-state index contributed by atoms with van der Waals surface area (Å²) in [5.74, 6) is -0.842. The predicted octanol–water partition coefficient (Wildman–Crippen LogP) is 1.25. The summed E-state index contributed by atoms with van der Waals surface area (Å²) in [6.07, 6.45) is 4.92. The Hall–Kier alpha value is -3.55. The van der Waals surface area contributed by atoms with Gasteiger partial charge in [0, 0.05) is 38.6 Å². The number of rotatable bonds is 5. The third-order valence-corrected chi connectivity index (χ3v) is 4.02. The predicted molar refractivity (Wildman–Crippen MR) is 99.7 cm³/mol. The lowest BCUT2D eigenvalue weighted by molar-refractivity contribution is -0.130. The first-order chi connectivity index (χ1) is 13.0. The molecule has 4 amide bonds. The van der Waals surface area contributed by atoms with Gasteiger partial charge in [-0.1, -0.05) is 30.3 Å². The molecule has 2 aromatic rings. The van der Waals surface area contributed by atoms with Gasteiger partial charge in [0.05, 0.1) is 0 Å². The molecule has 2 heterocycles. The summed E-state index contributed by atoms with van der Waals surface area (Å²) in [6, 6.07) is 8.79. The standard InChI is InChI=1S/C19H19N5O3/c1-23(2)18-20-11-14(12-21-18)10-15-16(25)22-19(27)24(17(15)26)9-8-13-6-4-3-5-7-13/h3-7,10-12H,8-9H2,1-2H3,(H,22,25,27)/b15-10-. The van der Waals surface area contributed by atoms with Gasteiger partial charge in [0.1, 0.15) is 5.57 Å². The topological polar surface area (TPSA) is 95.5 Å². The van der Waals surface area contributed by atoms with Crippen molar-refractivity contribution in [2.24, 2.45) is 0 Å². The molecule has 1 aromatic carbocycles. The first-order valence-electron chi connectivity index (χ1n) is 8.38. The summed E-state index contributed by atoms with van der Waals surface area (Å²) < 4.78 is 0. The van der Waals surface area contributed by atoms with Crippen molar-refractivity contribution >= 4 is 29.9 Å². The van der Waals surface area contributed by atoms with Crippen molar-refractivity contribution in [3.63, 3.8) is 0 Å². The van der Waals surface area contributed by atoms with Crippen molar-refractivity contribution < 1.29 is 14.4 Å². The van der Waals surface area contributed by atoms with Gasteiger partial charge in [-0.15, -0.1) is 0 Å². The van der Waals surface area contributed by atoms with Gasteiger partial charge in [0.2, 0.25) is 5.95 Å². The highest BCUT2D eigenvalue weighted by molar-refractivity contribution is 6.30. The maximum Gasteiger partial charge on any atom is 0.331 e. The van der Waals surface area contributed by atoms with Crippen LogP contribution in [0, 0.1) is 0 Å². The van der Waals surface area contributed by atoms with Crippen LogP contribution in [0.1, 0.15) is 11.1 Å². The number of anilines is 1. The normalized spacial score (nSPS) is 15.9. The molecule has 0 unspecified atom stereocenters. The Bertz CT molecular complexity index is 891. The molecule has 0 bridgehead atoms. The molecule has 1 fully saturated rings. The highest BCUT2D eigenvalue weighted by Crippen LogP contribution is 2.15. The zero-order valence-corrected chi connectivity index (χ0v) is 15.0. The van der Waals surface area contributed by atoms with Crippen LogP contribution in [0.4, 0.5) is 10.7 Å². The van der Waals surface area contributed by atoms with Crippen molar-refractivity contribution in [2.75, 3.05) is 25.5 Å². The summed E-state index contributed by atoms with van der Waals surface area (Å²) in [5.41, 5.74) is 1.37. The minimum atomic E-state index is -0.724. The number of amides is 4. The van der Waals surface area contributed by atoms with E-state index in [2.05, 4.69) is 15.3 Å². The minimum Gasteiger partial charge on any atom is -0.347 e. The molecule has 0 saturated carbocycles. The molecular formula is C19H19N5O3. The van der Waals surface area contributed by atoms with Gasteiger partial charge in [0.15, 0.2) is 0 Å². The van der Waals surface area contributed by atoms with E-state index in [-0.39, 0.29) is 12.1 Å². The van der Waals surface area contributed by atoms with Crippen LogP contribution in [0.15, 0.2) is 48.3 Å². The summed E-state index contributed by atoms with van der Waals surface area (Å²) in [4.78, 5) is 47.9. The molecule has 27 heavy (non-hydrogen) atoms. The molecule has 0 atom stereocenters. The lowest BCUT2D eigenvalue weighted by atomic mass is 10.1. The van der Waals surface area contributed by atoms with Gasteiger partial charge in [-0.05, 0) is 18.1 Å². The Balaban J connectivity index is 1.79. The lowest BCUT2D eigenvalue weighted by Crippen LogP contribution is -2.54. The second-order valence-corrected chi connectivity index (χ2v) is 6.22. The molecule has 1 aromatic heterocycles. The second kappa shape index (κ2) is 7.77. The first-order valence-corrected chi connectivity index (χ1v) is 8.38. The van der Waals surface area contributed by atoms with Crippen LogP contribution in [-0.4, -0.2) is 53.4 Å². The number of imide groups is 2. The van der Waals surface area contributed by atoms with E-state index >= 15 is 0 Å². The Kier molecular flexibility index (Phi) is 5.25. The van der Waals surface area contributed by atoms with Gasteiger partial charge in [-0.3, -0.25) is 19.8 Å². The summed E-state index contributed by atoms with van der Waals surface area (Å²) in [6.45, 7) is 0.176. The number of carbonyl (C=O) groups excluding carboxylic acids is 3. The number of urea groups is 1. The van der Waals surface area contributed by atoms with Crippen molar-refractivity contribution in [3.8, 4) is 0 Å². The van der Waals surface area contributed by atoms with Crippen LogP contribution in [0.5, 0.6) is 0 Å². The summed E-state index contributed by atoms with van der Waals surface area (Å²) >= 11 is 0. The molecule has 0 spiro atoms. The zero-order chi connectivity index (χ0) is 19.4. The third kappa shape index (κ3) is 4.17. The largest absolute Gasteiger partial charge is 0.347 e. The van der Waals surface area contributed by atoms with Gasteiger partial charge in [0.25, 0.3) is 11.8 Å². The van der Waals surface area contributed by atoms with E-state index in [0.29, 0.717) is 17.9 Å². The SMILES string of the molecule is CN(C)c1ncc(/C=C2/C(=O)NC(=O)N(CCc3ccccc3)C2=O)cn1. The fourth-order valence-corrected chi connectivity index (χ4v) is 2.59. The molecular weight excluding hydrogens is 346 g/mol. The van der Waals surface area contributed by atoms with E-state index < -0.39 is 17.8 Å². The highest BCUT2D eigenvalue weighted by atomic mass is 16.2. The molecule has 8 heteroatoms. The van der Waals surface area contributed by atoms with Gasteiger partial charge < -0.3 is 4.90 Å². The van der Waals surface area contributed by atoms with Crippen LogP contribution in [0.25, 0.3) is 6.08 Å². The second-order valence-electron chi connectivity index (χ2n) is 6.22. The van der Waals surface area contributed by atoms with E-state index in [1.807, 2.05) is 44.4 Å². The number of aromatic nitrogens is 2. The van der Waals surface area contributed by atoms with Gasteiger partial charge >= 0.3 is 6.03 Å². The number of carbonyl (C=O) groups is 3. The molecule has 1 saturated heterocycles. The average Bonchev–Trinajstić information content (AvgIpc) is 2.66. The van der Waals surface area contributed by atoms with Crippen molar-refractivity contribution in [1.29, 1.82) is 0 Å². The van der Waals surface area contributed by atoms with E-state index in [1.165, 1.54) is 18.5 Å². The average molecular weight is 365 g/mol. The van der Waals surface area contributed by atoms with E-state index in [9.17, 15) is 14.4 Å². The number of nitrogens with one attached hydrogen (secondary N) is 1. The fraction of sp³-hybridized carbons (Fsp3) is 0.211. The first kappa shape index (κ1) is 18.2. The van der Waals surface area contributed by atoms with E-state index in [0.717, 1.165) is 10.5 Å². The van der Waals surface area contributed by atoms with E-state index in [4.69, 9.17) is 0 Å². The van der Waals surface area contributed by atoms with E-state index in [1.54, 1.807) is 4.90 Å². The number of hydrogen-bond donors (Lipinski definition) is 1. The number of benzene rings is 1. The van der Waals surface area contributed by atoms with Crippen LogP contribution < -0.4 is 10.2 Å². The Morgan fingerprint density at radius 1 is 1.07 bits per heavy atom. The monoisotopic (exact) mass is 365 g/mol. The number of hydrogen-bond acceptors (Lipinski definition) is 6. The molecule has 0 radical (unpaired) electrons. The number of nitrogens with zero attached hydrogens (tertiary/aromatic N) is 4. The summed E-state index contributed by atoms with van der Waals surface area (Å²) in [7, 11) is 3.61. The Labute approximate surface area is 156 Å². The minimum absolute atomic E-state index is 0.121. The van der Waals surface area contributed by atoms with Crippen molar-refractivity contribution in [1.82, 2.24) is 20.2 Å². The molecule has 0 aliphatic carbocycles. The smallest absolute Gasteiger partial charge is 0.331 e. The van der Waals surface area contributed by atoms with Crippen LogP contribution >= 0.6 is 0 Å². The lowest BCUT2D eigenvalue weighted by Gasteiger charge is -2.26. The van der Waals surface area contributed by atoms with Gasteiger partial charge in [-0.25, -0.2) is 14.8 Å². The maximum absolute atomic E-state index is 12.7. The fourth-order valence-electron chi connectivity index (χ4n) is 2.59. The molecule has 3 rings (SSSR count). The van der Waals surface area contributed by atoms with Crippen LogP contribution in [0.2, 0.25) is 0 Å². The van der Waals surface area contributed by atoms with Crippen LogP contribution in [0.3, 0.4) is 0 Å².